The molecule has 3 nitrogen and oxygen atoms in total. The minimum atomic E-state index is -0.352. The Labute approximate surface area is 118 Å². The van der Waals surface area contributed by atoms with Gasteiger partial charge in [-0.15, -0.1) is 0 Å². The molecule has 0 heterocycles. The van der Waals surface area contributed by atoms with Crippen LogP contribution in [0.3, 0.4) is 0 Å². The molecule has 0 aliphatic heterocycles. The zero-order valence-corrected chi connectivity index (χ0v) is 11.4. The maximum atomic E-state index is 11.7. The van der Waals surface area contributed by atoms with Gasteiger partial charge < -0.3 is 10.1 Å². The van der Waals surface area contributed by atoms with Gasteiger partial charge >= 0.3 is 5.97 Å². The minimum absolute atomic E-state index is 0.352. The second-order valence-electron chi connectivity index (χ2n) is 4.17. The van der Waals surface area contributed by atoms with Gasteiger partial charge in [-0.2, -0.15) is 0 Å². The van der Waals surface area contributed by atoms with Gasteiger partial charge in [-0.3, -0.25) is 0 Å². The van der Waals surface area contributed by atoms with Gasteiger partial charge in [-0.25, -0.2) is 4.79 Å². The van der Waals surface area contributed by atoms with Crippen LogP contribution >= 0.6 is 0 Å². The fraction of sp³-hybridized carbons (Fsp3) is 0.118. The maximum Gasteiger partial charge on any atom is 0.332 e. The highest BCUT2D eigenvalue weighted by molar-refractivity contribution is 5.94. The first-order chi connectivity index (χ1) is 9.79. The molecule has 0 fully saturated rings. The second kappa shape index (κ2) is 7.14. The molecule has 0 unspecified atom stereocenters. The molecule has 2 aromatic carbocycles. The van der Waals surface area contributed by atoms with Gasteiger partial charge in [0.2, 0.25) is 0 Å². The number of carbonyl (C=O) groups excluding carboxylic acids is 1. The van der Waals surface area contributed by atoms with E-state index in [1.165, 1.54) is 6.08 Å². The Balaban J connectivity index is 2.27. The Morgan fingerprint density at radius 2 is 1.65 bits per heavy atom. The zero-order chi connectivity index (χ0) is 14.2. The highest BCUT2D eigenvalue weighted by Crippen LogP contribution is 2.18. The SMILES string of the molecule is CCOC(=O)/C=C(/Nc1ccccc1)c1ccccc1. The summed E-state index contributed by atoms with van der Waals surface area (Å²) in [6, 6.07) is 19.4. The van der Waals surface area contributed by atoms with Crippen LogP contribution in [0.25, 0.3) is 5.70 Å². The molecule has 0 aliphatic rings. The number of carbonyl (C=O) groups is 1. The quantitative estimate of drug-likeness (QED) is 0.663. The lowest BCUT2D eigenvalue weighted by Gasteiger charge is -2.11. The molecule has 0 saturated carbocycles. The second-order valence-corrected chi connectivity index (χ2v) is 4.17. The van der Waals surface area contributed by atoms with Crippen molar-refractivity contribution < 1.29 is 9.53 Å². The summed E-state index contributed by atoms with van der Waals surface area (Å²) in [7, 11) is 0. The molecule has 0 saturated heterocycles. The van der Waals surface area contributed by atoms with Gasteiger partial charge in [0.05, 0.1) is 12.3 Å². The van der Waals surface area contributed by atoms with Gasteiger partial charge in [0, 0.05) is 11.8 Å². The van der Waals surface area contributed by atoms with Crippen LogP contribution in [-0.2, 0) is 9.53 Å². The van der Waals surface area contributed by atoms with Crippen molar-refractivity contribution in [3.8, 4) is 0 Å². The lowest BCUT2D eigenvalue weighted by atomic mass is 10.1. The number of para-hydroxylation sites is 1. The van der Waals surface area contributed by atoms with Gasteiger partial charge in [0.25, 0.3) is 0 Å². The van der Waals surface area contributed by atoms with Crippen molar-refractivity contribution in [1.29, 1.82) is 0 Å². The van der Waals surface area contributed by atoms with E-state index >= 15 is 0 Å². The van der Waals surface area contributed by atoms with E-state index in [0.717, 1.165) is 16.9 Å². The first kappa shape index (κ1) is 13.9. The van der Waals surface area contributed by atoms with Gasteiger partial charge in [0.1, 0.15) is 0 Å². The Bertz CT molecular complexity index is 576. The Morgan fingerprint density at radius 3 is 2.25 bits per heavy atom. The van der Waals surface area contributed by atoms with E-state index in [-0.39, 0.29) is 5.97 Å². The summed E-state index contributed by atoms with van der Waals surface area (Å²) >= 11 is 0. The minimum Gasteiger partial charge on any atom is -0.463 e. The number of hydrogen-bond donors (Lipinski definition) is 1. The molecule has 0 amide bonds. The molecule has 0 aromatic heterocycles. The van der Waals surface area contributed by atoms with E-state index in [2.05, 4.69) is 5.32 Å². The van der Waals surface area contributed by atoms with E-state index in [1.54, 1.807) is 6.92 Å². The first-order valence-electron chi connectivity index (χ1n) is 6.55. The van der Waals surface area contributed by atoms with Crippen molar-refractivity contribution in [2.45, 2.75) is 6.92 Å². The van der Waals surface area contributed by atoms with Crippen LogP contribution in [0.1, 0.15) is 12.5 Å². The normalized spacial score (nSPS) is 10.9. The van der Waals surface area contributed by atoms with Crippen LogP contribution in [0, 0.1) is 0 Å². The van der Waals surface area contributed by atoms with Gasteiger partial charge in [-0.1, -0.05) is 48.5 Å². The van der Waals surface area contributed by atoms with Crippen molar-refractivity contribution >= 4 is 17.4 Å². The maximum absolute atomic E-state index is 11.7. The predicted octanol–water partition coefficient (Wildman–Crippen LogP) is 3.70. The average molecular weight is 267 g/mol. The summed E-state index contributed by atoms with van der Waals surface area (Å²) in [4.78, 5) is 11.7. The molecule has 0 radical (unpaired) electrons. The smallest absolute Gasteiger partial charge is 0.332 e. The monoisotopic (exact) mass is 267 g/mol. The van der Waals surface area contributed by atoms with Crippen LogP contribution in [0.4, 0.5) is 5.69 Å². The van der Waals surface area contributed by atoms with Crippen LogP contribution in [0.2, 0.25) is 0 Å². The molecular formula is C17H17NO2. The van der Waals surface area contributed by atoms with Crippen molar-refractivity contribution in [1.82, 2.24) is 0 Å². The third-order valence-electron chi connectivity index (χ3n) is 2.69. The predicted molar refractivity (Wildman–Crippen MR) is 81.1 cm³/mol. The molecule has 1 N–H and O–H groups in total. The van der Waals surface area contributed by atoms with Crippen molar-refractivity contribution in [3.05, 3.63) is 72.3 Å². The van der Waals surface area contributed by atoms with Gasteiger partial charge in [0.15, 0.2) is 0 Å². The molecule has 20 heavy (non-hydrogen) atoms. The Kier molecular flexibility index (Phi) is 4.95. The van der Waals surface area contributed by atoms with Crippen molar-refractivity contribution in [2.75, 3.05) is 11.9 Å². The number of benzene rings is 2. The van der Waals surface area contributed by atoms with Crippen molar-refractivity contribution in [2.24, 2.45) is 0 Å². The number of hydrogen-bond acceptors (Lipinski definition) is 3. The molecular weight excluding hydrogens is 250 g/mol. The molecule has 0 bridgehead atoms. The highest BCUT2D eigenvalue weighted by atomic mass is 16.5. The lowest BCUT2D eigenvalue weighted by molar-refractivity contribution is -0.137. The third kappa shape index (κ3) is 3.99. The highest BCUT2D eigenvalue weighted by Gasteiger charge is 2.05. The summed E-state index contributed by atoms with van der Waals surface area (Å²) in [5.41, 5.74) is 2.58. The molecule has 2 aromatic rings. The van der Waals surface area contributed by atoms with Crippen molar-refractivity contribution in [3.63, 3.8) is 0 Å². The first-order valence-corrected chi connectivity index (χ1v) is 6.55. The number of anilines is 1. The molecule has 2 rings (SSSR count). The van der Waals surface area contributed by atoms with E-state index in [1.807, 2.05) is 60.7 Å². The largest absolute Gasteiger partial charge is 0.463 e. The zero-order valence-electron chi connectivity index (χ0n) is 11.4. The number of esters is 1. The number of ether oxygens (including phenoxy) is 1. The fourth-order valence-electron chi connectivity index (χ4n) is 1.79. The molecule has 102 valence electrons. The third-order valence-corrected chi connectivity index (χ3v) is 2.69. The van der Waals surface area contributed by atoms with Crippen LogP contribution in [0.15, 0.2) is 66.7 Å². The summed E-state index contributed by atoms with van der Waals surface area (Å²) in [6.45, 7) is 2.15. The summed E-state index contributed by atoms with van der Waals surface area (Å²) in [5.74, 6) is -0.352. The van der Waals surface area contributed by atoms with E-state index in [4.69, 9.17) is 4.74 Å². The van der Waals surface area contributed by atoms with E-state index in [0.29, 0.717) is 6.61 Å². The van der Waals surface area contributed by atoms with E-state index < -0.39 is 0 Å². The summed E-state index contributed by atoms with van der Waals surface area (Å²) < 4.78 is 4.98. The van der Waals surface area contributed by atoms with Crippen LogP contribution < -0.4 is 5.32 Å². The molecule has 3 heteroatoms. The lowest BCUT2D eigenvalue weighted by Crippen LogP contribution is -2.05. The molecule has 0 atom stereocenters. The molecule has 0 aliphatic carbocycles. The Morgan fingerprint density at radius 1 is 1.05 bits per heavy atom. The number of nitrogens with one attached hydrogen (secondary N) is 1. The standard InChI is InChI=1S/C17H17NO2/c1-2-20-17(19)13-16(14-9-5-3-6-10-14)18-15-11-7-4-8-12-15/h3-13,18H,2H2,1H3/b16-13+. The summed E-state index contributed by atoms with van der Waals surface area (Å²) in [6.07, 6.45) is 1.48. The topological polar surface area (TPSA) is 38.3 Å². The average Bonchev–Trinajstić information content (AvgIpc) is 2.49. The van der Waals surface area contributed by atoms with Crippen LogP contribution in [-0.4, -0.2) is 12.6 Å². The fourth-order valence-corrected chi connectivity index (χ4v) is 1.79. The Hall–Kier alpha value is -2.55. The molecule has 0 spiro atoms. The van der Waals surface area contributed by atoms with Crippen LogP contribution in [0.5, 0.6) is 0 Å². The van der Waals surface area contributed by atoms with Gasteiger partial charge in [-0.05, 0) is 24.6 Å². The summed E-state index contributed by atoms with van der Waals surface area (Å²) in [5, 5.41) is 3.24. The van der Waals surface area contributed by atoms with E-state index in [9.17, 15) is 4.79 Å². The number of rotatable bonds is 5.